The largest absolute Gasteiger partial charge is 0.490 e. The van der Waals surface area contributed by atoms with Crippen molar-refractivity contribution in [2.75, 3.05) is 26.4 Å². The highest BCUT2D eigenvalue weighted by Gasteiger charge is 2.31. The average Bonchev–Trinajstić information content (AvgIpc) is 2.89. The Kier molecular flexibility index (Phi) is 8.55. The van der Waals surface area contributed by atoms with E-state index in [4.69, 9.17) is 9.47 Å². The second-order valence-corrected chi connectivity index (χ2v) is 9.26. The zero-order chi connectivity index (χ0) is 23.2. The van der Waals surface area contributed by atoms with Gasteiger partial charge in [0.05, 0.1) is 24.7 Å². The molecule has 0 saturated carbocycles. The van der Waals surface area contributed by atoms with Crippen LogP contribution in [0.1, 0.15) is 27.2 Å². The minimum absolute atomic E-state index is 0.100. The summed E-state index contributed by atoms with van der Waals surface area (Å²) in [6.45, 7) is 3.79. The first-order valence-electron chi connectivity index (χ1n) is 9.76. The Hall–Kier alpha value is -2.05. The number of nitrogens with one attached hydrogen (secondary N) is 2. The van der Waals surface area contributed by atoms with E-state index in [-0.39, 0.29) is 11.5 Å². The number of carbonyl (C=O) groups is 1. The maximum Gasteiger partial charge on any atom is 0.411 e. The number of carbonyl (C=O) groups excluding carboxylic acids is 1. The van der Waals surface area contributed by atoms with Crippen molar-refractivity contribution in [2.45, 2.75) is 50.3 Å². The van der Waals surface area contributed by atoms with Crippen LogP contribution in [0.2, 0.25) is 0 Å². The van der Waals surface area contributed by atoms with Gasteiger partial charge in [0.2, 0.25) is 15.9 Å². The van der Waals surface area contributed by atoms with E-state index in [1.54, 1.807) is 13.8 Å². The van der Waals surface area contributed by atoms with Gasteiger partial charge in [0, 0.05) is 18.5 Å². The van der Waals surface area contributed by atoms with Crippen LogP contribution in [0, 0.1) is 5.92 Å². The first-order valence-corrected chi connectivity index (χ1v) is 11.2. The number of ether oxygens (including phenoxy) is 3. The van der Waals surface area contributed by atoms with Gasteiger partial charge in [-0.2, -0.15) is 17.9 Å². The predicted molar refractivity (Wildman–Crippen MR) is 105 cm³/mol. The molecular formula is C19H27F3N2O6S. The number of hydrogen-bond donors (Lipinski definition) is 2. The van der Waals surface area contributed by atoms with Gasteiger partial charge < -0.3 is 19.5 Å². The summed E-state index contributed by atoms with van der Waals surface area (Å²) in [5.74, 6) is -0.377. The summed E-state index contributed by atoms with van der Waals surface area (Å²) in [5.41, 5.74) is 0. The molecule has 1 aromatic carbocycles. The molecule has 1 aromatic rings. The molecule has 0 spiro atoms. The summed E-state index contributed by atoms with van der Waals surface area (Å²) >= 11 is 0. The Balaban J connectivity index is 2.06. The first kappa shape index (κ1) is 25.2. The van der Waals surface area contributed by atoms with Crippen molar-refractivity contribution >= 4 is 15.9 Å². The van der Waals surface area contributed by atoms with E-state index in [0.29, 0.717) is 31.1 Å². The molecule has 0 aliphatic carbocycles. The molecule has 12 heteroatoms. The Bertz CT molecular complexity index is 861. The fourth-order valence-corrected chi connectivity index (χ4v) is 4.12. The number of benzene rings is 1. The Morgan fingerprint density at radius 1 is 1.16 bits per heavy atom. The maximum atomic E-state index is 12.9. The van der Waals surface area contributed by atoms with Crippen molar-refractivity contribution in [3.63, 3.8) is 0 Å². The highest BCUT2D eigenvalue weighted by molar-refractivity contribution is 7.89. The molecule has 0 radical (unpaired) electrons. The van der Waals surface area contributed by atoms with Crippen molar-refractivity contribution in [2.24, 2.45) is 5.92 Å². The molecular weight excluding hydrogens is 441 g/mol. The number of alkyl halides is 3. The first-order chi connectivity index (χ1) is 14.4. The van der Waals surface area contributed by atoms with Crippen LogP contribution in [0.25, 0.3) is 0 Å². The zero-order valence-electron chi connectivity index (χ0n) is 17.5. The number of hydrogen-bond acceptors (Lipinski definition) is 6. The molecule has 1 aliphatic rings. The highest BCUT2D eigenvalue weighted by Crippen LogP contribution is 2.32. The van der Waals surface area contributed by atoms with Gasteiger partial charge in [0.25, 0.3) is 0 Å². The van der Waals surface area contributed by atoms with Gasteiger partial charge in [-0.05, 0) is 25.0 Å². The van der Waals surface area contributed by atoms with Crippen LogP contribution in [0.15, 0.2) is 23.1 Å². The third-order valence-corrected chi connectivity index (χ3v) is 5.72. The Morgan fingerprint density at radius 3 is 2.42 bits per heavy atom. The van der Waals surface area contributed by atoms with Gasteiger partial charge in [0.1, 0.15) is 12.6 Å². The molecule has 2 atom stereocenters. The molecule has 1 aliphatic heterocycles. The number of sulfonamides is 1. The Morgan fingerprint density at radius 2 is 1.81 bits per heavy atom. The SMILES string of the molecule is CC(COCC(F)(F)F)NC(=O)C(NS(=O)(=O)c1ccc2c(c1)OCCCO2)C(C)C. The molecule has 1 heterocycles. The van der Waals surface area contributed by atoms with Crippen molar-refractivity contribution in [1.29, 1.82) is 0 Å². The average molecular weight is 468 g/mol. The van der Waals surface area contributed by atoms with Gasteiger partial charge in [-0.3, -0.25) is 4.79 Å². The van der Waals surface area contributed by atoms with Gasteiger partial charge in [0.15, 0.2) is 11.5 Å². The third-order valence-electron chi connectivity index (χ3n) is 4.28. The van der Waals surface area contributed by atoms with E-state index >= 15 is 0 Å². The van der Waals surface area contributed by atoms with Crippen molar-refractivity contribution in [3.05, 3.63) is 18.2 Å². The summed E-state index contributed by atoms with van der Waals surface area (Å²) in [7, 11) is -4.09. The number of fused-ring (bicyclic) bond motifs is 1. The predicted octanol–water partition coefficient (Wildman–Crippen LogP) is 2.23. The van der Waals surface area contributed by atoms with E-state index in [1.165, 1.54) is 25.1 Å². The molecule has 2 unspecified atom stereocenters. The molecule has 0 aromatic heterocycles. The minimum Gasteiger partial charge on any atom is -0.490 e. The van der Waals surface area contributed by atoms with Crippen LogP contribution in [-0.2, 0) is 19.6 Å². The number of halogens is 3. The van der Waals surface area contributed by atoms with Crippen LogP contribution < -0.4 is 19.5 Å². The summed E-state index contributed by atoms with van der Waals surface area (Å²) in [6.07, 6.45) is -3.81. The van der Waals surface area contributed by atoms with Crippen molar-refractivity contribution in [1.82, 2.24) is 10.0 Å². The molecule has 0 bridgehead atoms. The fourth-order valence-electron chi connectivity index (χ4n) is 2.76. The minimum atomic E-state index is -4.47. The van der Waals surface area contributed by atoms with Gasteiger partial charge in [-0.25, -0.2) is 8.42 Å². The van der Waals surface area contributed by atoms with Gasteiger partial charge >= 0.3 is 6.18 Å². The van der Waals surface area contributed by atoms with E-state index in [0.717, 1.165) is 0 Å². The summed E-state index contributed by atoms with van der Waals surface area (Å²) in [4.78, 5) is 12.5. The molecule has 2 rings (SSSR count). The molecule has 0 fully saturated rings. The van der Waals surface area contributed by atoms with Crippen LogP contribution >= 0.6 is 0 Å². The third kappa shape index (κ3) is 7.86. The zero-order valence-corrected chi connectivity index (χ0v) is 18.3. The molecule has 2 N–H and O–H groups in total. The van der Waals surface area contributed by atoms with Crippen LogP contribution in [0.4, 0.5) is 13.2 Å². The van der Waals surface area contributed by atoms with Crippen LogP contribution in [0.5, 0.6) is 11.5 Å². The molecule has 1 amide bonds. The monoisotopic (exact) mass is 468 g/mol. The Labute approximate surface area is 179 Å². The maximum absolute atomic E-state index is 12.9. The summed E-state index contributed by atoms with van der Waals surface area (Å²) < 4.78 is 80.1. The van der Waals surface area contributed by atoms with Crippen LogP contribution in [0.3, 0.4) is 0 Å². The smallest absolute Gasteiger partial charge is 0.411 e. The molecule has 176 valence electrons. The van der Waals surface area contributed by atoms with E-state index in [1.807, 2.05) is 0 Å². The van der Waals surface area contributed by atoms with Crippen LogP contribution in [-0.4, -0.2) is 59.0 Å². The van der Waals surface area contributed by atoms with Gasteiger partial charge in [-0.15, -0.1) is 0 Å². The van der Waals surface area contributed by atoms with Crippen molar-refractivity contribution in [3.8, 4) is 11.5 Å². The lowest BCUT2D eigenvalue weighted by Gasteiger charge is -2.24. The standard InChI is InChI=1S/C19H27F3N2O6S/c1-12(2)17(18(25)23-13(3)10-28-11-19(20,21)22)24-31(26,27)14-5-6-15-16(9-14)30-8-4-7-29-15/h5-6,9,12-13,17,24H,4,7-8,10-11H2,1-3H3,(H,23,25). The highest BCUT2D eigenvalue weighted by atomic mass is 32.2. The molecule has 0 saturated heterocycles. The van der Waals surface area contributed by atoms with E-state index in [9.17, 15) is 26.4 Å². The lowest BCUT2D eigenvalue weighted by molar-refractivity contribution is -0.175. The summed E-state index contributed by atoms with van der Waals surface area (Å²) in [6, 6.07) is 2.26. The number of amides is 1. The fraction of sp³-hybridized carbons (Fsp3) is 0.632. The summed E-state index contributed by atoms with van der Waals surface area (Å²) in [5, 5.41) is 2.48. The normalized spacial score (nSPS) is 16.5. The van der Waals surface area contributed by atoms with E-state index < -0.39 is 46.7 Å². The van der Waals surface area contributed by atoms with Crippen molar-refractivity contribution < 1.29 is 40.6 Å². The second-order valence-electron chi connectivity index (χ2n) is 7.54. The quantitative estimate of drug-likeness (QED) is 0.576. The van der Waals surface area contributed by atoms with Gasteiger partial charge in [-0.1, -0.05) is 13.8 Å². The lowest BCUT2D eigenvalue weighted by Crippen LogP contribution is -2.52. The van der Waals surface area contributed by atoms with E-state index in [2.05, 4.69) is 14.8 Å². The molecule has 8 nitrogen and oxygen atoms in total. The second kappa shape index (κ2) is 10.5. The topological polar surface area (TPSA) is 103 Å². The number of rotatable bonds is 9. The lowest BCUT2D eigenvalue weighted by atomic mass is 10.0. The molecule has 31 heavy (non-hydrogen) atoms.